The van der Waals surface area contributed by atoms with Crippen molar-refractivity contribution >= 4 is 16.9 Å². The van der Waals surface area contributed by atoms with E-state index in [4.69, 9.17) is 4.98 Å². The normalized spacial score (nSPS) is 11.1. The van der Waals surface area contributed by atoms with Gasteiger partial charge in [0.2, 0.25) is 0 Å². The molecule has 0 aliphatic carbocycles. The fourth-order valence-electron chi connectivity index (χ4n) is 3.89. The Morgan fingerprint density at radius 2 is 1.54 bits per heavy atom. The Morgan fingerprint density at radius 3 is 2.18 bits per heavy atom. The third kappa shape index (κ3) is 3.05. The van der Waals surface area contributed by atoms with Crippen LogP contribution >= 0.6 is 0 Å². The minimum absolute atomic E-state index is 0.891. The number of fused-ring (bicyclic) bond motifs is 1. The number of anilines is 1. The first-order chi connectivity index (χ1) is 13.6. The van der Waals surface area contributed by atoms with Gasteiger partial charge in [0, 0.05) is 30.5 Å². The lowest BCUT2D eigenvalue weighted by Gasteiger charge is -2.21. The number of rotatable bonds is 5. The summed E-state index contributed by atoms with van der Waals surface area (Å²) in [6, 6.07) is 19.1. The molecule has 0 fully saturated rings. The van der Waals surface area contributed by atoms with Crippen LogP contribution < -0.4 is 4.90 Å². The number of aromatic nitrogens is 3. The van der Waals surface area contributed by atoms with Crippen LogP contribution in [0.4, 0.5) is 5.69 Å². The monoisotopic (exact) mass is 370 g/mol. The molecule has 4 aromatic rings. The van der Waals surface area contributed by atoms with Crippen molar-refractivity contribution < 1.29 is 0 Å². The molecule has 2 heterocycles. The minimum Gasteiger partial charge on any atom is -0.372 e. The van der Waals surface area contributed by atoms with Gasteiger partial charge in [0.25, 0.3) is 0 Å². The molecule has 0 aliphatic heterocycles. The Bertz CT molecular complexity index is 1090. The first-order valence-corrected chi connectivity index (χ1v) is 9.89. The van der Waals surface area contributed by atoms with E-state index in [1.54, 1.807) is 0 Å². The molecule has 2 aromatic heterocycles. The van der Waals surface area contributed by atoms with Gasteiger partial charge in [-0.3, -0.25) is 4.57 Å². The van der Waals surface area contributed by atoms with E-state index in [1.807, 2.05) is 18.3 Å². The molecule has 0 spiro atoms. The maximum absolute atomic E-state index is 4.94. The molecule has 0 aliphatic rings. The van der Waals surface area contributed by atoms with Crippen molar-refractivity contribution in [3.05, 3.63) is 71.9 Å². The standard InChI is InChI=1S/C24H26N4/c1-5-27(6-2)20-14-12-19(13-15-20)23-26-21-11-8-16-25-24(21)28(23)22-17(3)9-7-10-18(22)4/h7-16H,5-6H2,1-4H3. The molecular weight excluding hydrogens is 344 g/mol. The zero-order chi connectivity index (χ0) is 19.7. The second-order valence-electron chi connectivity index (χ2n) is 7.08. The SMILES string of the molecule is CCN(CC)c1ccc(-c2nc3cccnc3n2-c2c(C)cccc2C)cc1. The summed E-state index contributed by atoms with van der Waals surface area (Å²) in [6.45, 7) is 10.7. The lowest BCUT2D eigenvalue weighted by Crippen LogP contribution is -2.21. The van der Waals surface area contributed by atoms with Gasteiger partial charge in [0.05, 0.1) is 5.69 Å². The predicted molar refractivity (Wildman–Crippen MR) is 117 cm³/mol. The molecule has 4 rings (SSSR count). The molecule has 0 bridgehead atoms. The lowest BCUT2D eigenvalue weighted by atomic mass is 10.1. The molecule has 4 heteroatoms. The van der Waals surface area contributed by atoms with Gasteiger partial charge in [-0.2, -0.15) is 0 Å². The van der Waals surface area contributed by atoms with Gasteiger partial charge in [-0.15, -0.1) is 0 Å². The number of hydrogen-bond donors (Lipinski definition) is 0. The van der Waals surface area contributed by atoms with E-state index in [1.165, 1.54) is 16.8 Å². The summed E-state index contributed by atoms with van der Waals surface area (Å²) in [5.41, 5.74) is 7.72. The average Bonchev–Trinajstić information content (AvgIpc) is 3.09. The highest BCUT2D eigenvalue weighted by Crippen LogP contribution is 2.31. The summed E-state index contributed by atoms with van der Waals surface area (Å²) in [5, 5.41) is 0. The number of hydrogen-bond acceptors (Lipinski definition) is 3. The van der Waals surface area contributed by atoms with E-state index in [0.29, 0.717) is 0 Å². The summed E-state index contributed by atoms with van der Waals surface area (Å²) >= 11 is 0. The molecule has 142 valence electrons. The van der Waals surface area contributed by atoms with Gasteiger partial charge in [-0.25, -0.2) is 9.97 Å². The molecule has 28 heavy (non-hydrogen) atoms. The first-order valence-electron chi connectivity index (χ1n) is 9.89. The molecular formula is C24H26N4. The number of pyridine rings is 1. The fraction of sp³-hybridized carbons (Fsp3) is 0.250. The average molecular weight is 371 g/mol. The van der Waals surface area contributed by atoms with Crippen molar-refractivity contribution in [2.24, 2.45) is 0 Å². The molecule has 2 aromatic carbocycles. The van der Waals surface area contributed by atoms with Crippen LogP contribution in [0.5, 0.6) is 0 Å². The molecule has 0 atom stereocenters. The third-order valence-corrected chi connectivity index (χ3v) is 5.33. The summed E-state index contributed by atoms with van der Waals surface area (Å²) in [5.74, 6) is 0.928. The van der Waals surface area contributed by atoms with Crippen LogP contribution in [0.25, 0.3) is 28.2 Å². The Morgan fingerprint density at radius 1 is 0.857 bits per heavy atom. The van der Waals surface area contributed by atoms with Crippen molar-refractivity contribution in [2.75, 3.05) is 18.0 Å². The van der Waals surface area contributed by atoms with Crippen LogP contribution in [0.1, 0.15) is 25.0 Å². The van der Waals surface area contributed by atoms with Crippen LogP contribution in [0, 0.1) is 13.8 Å². The van der Waals surface area contributed by atoms with Crippen molar-refractivity contribution in [3.8, 4) is 17.1 Å². The van der Waals surface area contributed by atoms with Crippen molar-refractivity contribution in [3.63, 3.8) is 0 Å². The number of benzene rings is 2. The van der Waals surface area contributed by atoms with Crippen LogP contribution in [-0.4, -0.2) is 27.6 Å². The molecule has 4 nitrogen and oxygen atoms in total. The Balaban J connectivity index is 1.93. The van der Waals surface area contributed by atoms with E-state index in [0.717, 1.165) is 41.3 Å². The quantitative estimate of drug-likeness (QED) is 0.462. The number of aryl methyl sites for hydroxylation is 2. The van der Waals surface area contributed by atoms with Gasteiger partial charge < -0.3 is 4.90 Å². The van der Waals surface area contributed by atoms with Gasteiger partial charge in [-0.05, 0) is 75.2 Å². The summed E-state index contributed by atoms with van der Waals surface area (Å²) < 4.78 is 2.20. The van der Waals surface area contributed by atoms with Crippen molar-refractivity contribution in [1.29, 1.82) is 0 Å². The topological polar surface area (TPSA) is 34.0 Å². The lowest BCUT2D eigenvalue weighted by molar-refractivity contribution is 0.866. The Labute approximate surface area is 166 Å². The summed E-state index contributed by atoms with van der Waals surface area (Å²) in [6.07, 6.45) is 1.83. The minimum atomic E-state index is 0.891. The highest BCUT2D eigenvalue weighted by molar-refractivity contribution is 5.81. The summed E-state index contributed by atoms with van der Waals surface area (Å²) in [7, 11) is 0. The van der Waals surface area contributed by atoms with Crippen LogP contribution in [0.15, 0.2) is 60.8 Å². The van der Waals surface area contributed by atoms with Crippen LogP contribution in [0.2, 0.25) is 0 Å². The zero-order valence-corrected chi connectivity index (χ0v) is 17.0. The largest absolute Gasteiger partial charge is 0.372 e. The van der Waals surface area contributed by atoms with Gasteiger partial charge in [-0.1, -0.05) is 18.2 Å². The van der Waals surface area contributed by atoms with E-state index in [2.05, 4.69) is 84.6 Å². The van der Waals surface area contributed by atoms with E-state index in [9.17, 15) is 0 Å². The van der Waals surface area contributed by atoms with E-state index < -0.39 is 0 Å². The second-order valence-corrected chi connectivity index (χ2v) is 7.08. The zero-order valence-electron chi connectivity index (χ0n) is 17.0. The molecule has 0 N–H and O–H groups in total. The smallest absolute Gasteiger partial charge is 0.164 e. The van der Waals surface area contributed by atoms with Crippen LogP contribution in [-0.2, 0) is 0 Å². The van der Waals surface area contributed by atoms with Gasteiger partial charge in [0.15, 0.2) is 5.65 Å². The molecule has 0 saturated heterocycles. The molecule has 0 amide bonds. The van der Waals surface area contributed by atoms with E-state index >= 15 is 0 Å². The summed E-state index contributed by atoms with van der Waals surface area (Å²) in [4.78, 5) is 11.9. The van der Waals surface area contributed by atoms with Gasteiger partial charge >= 0.3 is 0 Å². The Hall–Kier alpha value is -3.14. The highest BCUT2D eigenvalue weighted by Gasteiger charge is 2.18. The first kappa shape index (κ1) is 18.2. The van der Waals surface area contributed by atoms with Crippen molar-refractivity contribution in [2.45, 2.75) is 27.7 Å². The number of para-hydroxylation sites is 1. The fourth-order valence-corrected chi connectivity index (χ4v) is 3.89. The van der Waals surface area contributed by atoms with Crippen molar-refractivity contribution in [1.82, 2.24) is 14.5 Å². The molecule has 0 unspecified atom stereocenters. The maximum Gasteiger partial charge on any atom is 0.164 e. The number of imidazole rings is 1. The number of nitrogens with zero attached hydrogens (tertiary/aromatic N) is 4. The van der Waals surface area contributed by atoms with Gasteiger partial charge in [0.1, 0.15) is 11.3 Å². The highest BCUT2D eigenvalue weighted by atomic mass is 15.1. The van der Waals surface area contributed by atoms with E-state index in [-0.39, 0.29) is 0 Å². The third-order valence-electron chi connectivity index (χ3n) is 5.33. The Kier molecular flexibility index (Phi) is 4.86. The predicted octanol–water partition coefficient (Wildman–Crippen LogP) is 5.55. The molecule has 0 radical (unpaired) electrons. The molecule has 0 saturated carbocycles. The second kappa shape index (κ2) is 7.47. The maximum atomic E-state index is 4.94. The van der Waals surface area contributed by atoms with Crippen LogP contribution in [0.3, 0.4) is 0 Å².